The maximum atomic E-state index is 13.1. The van der Waals surface area contributed by atoms with Crippen LogP contribution in [0.15, 0.2) is 94.7 Å². The van der Waals surface area contributed by atoms with Crippen molar-refractivity contribution in [3.8, 4) is 0 Å². The molecule has 3 aromatic rings. The van der Waals surface area contributed by atoms with E-state index in [0.29, 0.717) is 16.3 Å². The van der Waals surface area contributed by atoms with Gasteiger partial charge in [0.1, 0.15) is 6.61 Å². The molecule has 0 aromatic heterocycles. The Balaban J connectivity index is 1.81. The maximum Gasteiger partial charge on any atom is 0.411 e. The molecule has 7 heteroatoms. The Morgan fingerprint density at radius 2 is 1.48 bits per heavy atom. The van der Waals surface area contributed by atoms with Gasteiger partial charge in [-0.2, -0.15) is 0 Å². The van der Waals surface area contributed by atoms with Crippen LogP contribution >= 0.6 is 11.6 Å². The highest BCUT2D eigenvalue weighted by Crippen LogP contribution is 2.22. The van der Waals surface area contributed by atoms with Crippen molar-refractivity contribution in [2.75, 3.05) is 11.9 Å². The van der Waals surface area contributed by atoms with E-state index in [-0.39, 0.29) is 9.80 Å². The van der Waals surface area contributed by atoms with Crippen molar-refractivity contribution < 1.29 is 17.9 Å². The van der Waals surface area contributed by atoms with Gasteiger partial charge in [-0.05, 0) is 48.0 Å². The Labute approximate surface area is 174 Å². The molecule has 0 bridgehead atoms. The van der Waals surface area contributed by atoms with E-state index in [0.717, 1.165) is 0 Å². The lowest BCUT2D eigenvalue weighted by molar-refractivity contribution is 0.173. The van der Waals surface area contributed by atoms with Crippen molar-refractivity contribution in [1.82, 2.24) is 0 Å². The molecule has 0 aliphatic heterocycles. The smallest absolute Gasteiger partial charge is 0.411 e. The SMILES string of the molecule is O=C(Nc1ccc(Cl)cc1)OC/C(=C\c1ccccc1)S(=O)(=O)c1ccccc1. The van der Waals surface area contributed by atoms with Gasteiger partial charge in [-0.3, -0.25) is 5.32 Å². The highest BCUT2D eigenvalue weighted by molar-refractivity contribution is 7.95. The summed E-state index contributed by atoms with van der Waals surface area (Å²) in [6.45, 7) is -0.411. The first kappa shape index (κ1) is 20.6. The predicted molar refractivity (Wildman–Crippen MR) is 114 cm³/mol. The molecule has 148 valence electrons. The molecule has 3 aromatic carbocycles. The molecule has 0 spiro atoms. The highest BCUT2D eigenvalue weighted by atomic mass is 35.5. The molecule has 1 N–H and O–H groups in total. The zero-order chi connectivity index (χ0) is 20.7. The monoisotopic (exact) mass is 427 g/mol. The molecule has 0 aliphatic carbocycles. The molecule has 29 heavy (non-hydrogen) atoms. The second kappa shape index (κ2) is 9.41. The van der Waals surface area contributed by atoms with E-state index in [9.17, 15) is 13.2 Å². The van der Waals surface area contributed by atoms with E-state index in [2.05, 4.69) is 5.32 Å². The lowest BCUT2D eigenvalue weighted by Gasteiger charge is -2.12. The summed E-state index contributed by atoms with van der Waals surface area (Å²) in [5.74, 6) is 0. The standard InChI is InChI=1S/C22H18ClNO4S/c23-18-11-13-19(14-12-18)24-22(25)28-16-21(15-17-7-3-1-4-8-17)29(26,27)20-9-5-2-6-10-20/h1-15H,16H2,(H,24,25)/b21-15+. The number of halogens is 1. The highest BCUT2D eigenvalue weighted by Gasteiger charge is 2.22. The second-order valence-electron chi connectivity index (χ2n) is 6.05. The summed E-state index contributed by atoms with van der Waals surface area (Å²) in [5.41, 5.74) is 1.17. The number of carbonyl (C=O) groups excluding carboxylic acids is 1. The topological polar surface area (TPSA) is 72.5 Å². The number of anilines is 1. The summed E-state index contributed by atoms with van der Waals surface area (Å²) >= 11 is 5.82. The molecule has 0 aliphatic rings. The maximum absolute atomic E-state index is 13.1. The van der Waals surface area contributed by atoms with Crippen LogP contribution in [0.25, 0.3) is 6.08 Å². The number of hydrogen-bond donors (Lipinski definition) is 1. The van der Waals surface area contributed by atoms with Crippen LogP contribution in [-0.4, -0.2) is 21.1 Å². The van der Waals surface area contributed by atoms with Crippen LogP contribution in [-0.2, 0) is 14.6 Å². The molecule has 0 saturated heterocycles. The molecular weight excluding hydrogens is 410 g/mol. The van der Waals surface area contributed by atoms with Gasteiger partial charge in [0.15, 0.2) is 0 Å². The minimum Gasteiger partial charge on any atom is -0.444 e. The largest absolute Gasteiger partial charge is 0.444 e. The van der Waals surface area contributed by atoms with E-state index < -0.39 is 22.5 Å². The Kier molecular flexibility index (Phi) is 6.69. The summed E-state index contributed by atoms with van der Waals surface area (Å²) < 4.78 is 31.3. The van der Waals surface area contributed by atoms with Crippen molar-refractivity contribution in [2.24, 2.45) is 0 Å². The van der Waals surface area contributed by atoms with Gasteiger partial charge in [-0.15, -0.1) is 0 Å². The fraction of sp³-hybridized carbons (Fsp3) is 0.0455. The minimum absolute atomic E-state index is 0.0267. The van der Waals surface area contributed by atoms with Gasteiger partial charge < -0.3 is 4.74 Å². The van der Waals surface area contributed by atoms with Gasteiger partial charge in [0.25, 0.3) is 0 Å². The van der Waals surface area contributed by atoms with Crippen molar-refractivity contribution in [3.05, 3.63) is 100 Å². The van der Waals surface area contributed by atoms with Gasteiger partial charge >= 0.3 is 6.09 Å². The third-order valence-corrected chi connectivity index (χ3v) is 6.03. The van der Waals surface area contributed by atoms with Crippen LogP contribution < -0.4 is 5.32 Å². The number of rotatable bonds is 6. The molecule has 0 saturated carbocycles. The van der Waals surface area contributed by atoms with Gasteiger partial charge in [-0.25, -0.2) is 13.2 Å². The van der Waals surface area contributed by atoms with Crippen LogP contribution in [0.2, 0.25) is 5.02 Å². The average molecular weight is 428 g/mol. The van der Waals surface area contributed by atoms with Crippen LogP contribution in [0.5, 0.6) is 0 Å². The quantitative estimate of drug-likeness (QED) is 0.571. The Morgan fingerprint density at radius 1 is 0.897 bits per heavy atom. The fourth-order valence-corrected chi connectivity index (χ4v) is 3.96. The zero-order valence-corrected chi connectivity index (χ0v) is 16.9. The number of carbonyl (C=O) groups is 1. The molecule has 5 nitrogen and oxygen atoms in total. The molecule has 0 radical (unpaired) electrons. The Hall–Kier alpha value is -3.09. The minimum atomic E-state index is -3.83. The van der Waals surface area contributed by atoms with E-state index in [4.69, 9.17) is 16.3 Å². The Bertz CT molecular complexity index is 1100. The van der Waals surface area contributed by atoms with Gasteiger partial charge in [0.05, 0.1) is 9.80 Å². The van der Waals surface area contributed by atoms with Crippen LogP contribution in [0, 0.1) is 0 Å². The lowest BCUT2D eigenvalue weighted by atomic mass is 10.2. The third kappa shape index (κ3) is 5.70. The first-order valence-electron chi connectivity index (χ1n) is 8.70. The summed E-state index contributed by atoms with van der Waals surface area (Å²) in [5, 5.41) is 3.07. The molecule has 1 amide bonds. The number of benzene rings is 3. The van der Waals surface area contributed by atoms with Crippen molar-refractivity contribution in [3.63, 3.8) is 0 Å². The molecule has 0 heterocycles. The van der Waals surface area contributed by atoms with Gasteiger partial charge in [0, 0.05) is 10.7 Å². The third-order valence-electron chi connectivity index (χ3n) is 3.96. The molecular formula is C22H18ClNO4S. The molecule has 3 rings (SSSR count). The number of nitrogens with one attached hydrogen (secondary N) is 1. The van der Waals surface area contributed by atoms with E-state index >= 15 is 0 Å². The van der Waals surface area contributed by atoms with Crippen LogP contribution in [0.4, 0.5) is 10.5 Å². The Morgan fingerprint density at radius 3 is 2.10 bits per heavy atom. The van der Waals surface area contributed by atoms with Crippen LogP contribution in [0.3, 0.4) is 0 Å². The van der Waals surface area contributed by atoms with Crippen molar-refractivity contribution in [1.29, 1.82) is 0 Å². The molecule has 0 fully saturated rings. The second-order valence-corrected chi connectivity index (χ2v) is 8.48. The molecule has 0 unspecified atom stereocenters. The summed E-state index contributed by atoms with van der Waals surface area (Å²) in [7, 11) is -3.83. The predicted octanol–water partition coefficient (Wildman–Crippen LogP) is 5.40. The number of hydrogen-bond acceptors (Lipinski definition) is 4. The number of sulfone groups is 1. The van der Waals surface area contributed by atoms with E-state index in [1.165, 1.54) is 18.2 Å². The molecule has 0 atom stereocenters. The summed E-state index contributed by atoms with van der Waals surface area (Å²) in [6, 6.07) is 23.5. The zero-order valence-electron chi connectivity index (χ0n) is 15.3. The van der Waals surface area contributed by atoms with Gasteiger partial charge in [-0.1, -0.05) is 60.1 Å². The van der Waals surface area contributed by atoms with Crippen molar-refractivity contribution in [2.45, 2.75) is 4.90 Å². The van der Waals surface area contributed by atoms with Crippen molar-refractivity contribution >= 4 is 39.3 Å². The van der Waals surface area contributed by atoms with E-state index in [1.54, 1.807) is 66.7 Å². The summed E-state index contributed by atoms with van der Waals surface area (Å²) in [4.78, 5) is 12.2. The average Bonchev–Trinajstić information content (AvgIpc) is 2.74. The first-order valence-corrected chi connectivity index (χ1v) is 10.6. The normalized spacial score (nSPS) is 11.7. The number of ether oxygens (including phenoxy) is 1. The van der Waals surface area contributed by atoms with Gasteiger partial charge in [0.2, 0.25) is 9.84 Å². The lowest BCUT2D eigenvalue weighted by Crippen LogP contribution is -2.18. The summed E-state index contributed by atoms with van der Waals surface area (Å²) in [6.07, 6.45) is 0.729. The van der Waals surface area contributed by atoms with E-state index in [1.807, 2.05) is 6.07 Å². The first-order chi connectivity index (χ1) is 13.9. The van der Waals surface area contributed by atoms with Crippen LogP contribution in [0.1, 0.15) is 5.56 Å². The number of amides is 1. The fourth-order valence-electron chi connectivity index (χ4n) is 2.51.